The van der Waals surface area contributed by atoms with E-state index in [-0.39, 0.29) is 5.91 Å². The molecule has 144 valence electrons. The molecule has 1 saturated heterocycles. The summed E-state index contributed by atoms with van der Waals surface area (Å²) in [5.74, 6) is 2.49. The normalized spacial score (nSPS) is 17.3. The third-order valence-corrected chi connectivity index (χ3v) is 6.34. The molecule has 2 aromatic carbocycles. The topological polar surface area (TPSA) is 38.8 Å². The summed E-state index contributed by atoms with van der Waals surface area (Å²) >= 11 is 1.96. The Balaban J connectivity index is 1.64. The molecule has 2 aromatic rings. The van der Waals surface area contributed by atoms with E-state index >= 15 is 0 Å². The Hall–Kier alpha value is -2.14. The first kappa shape index (κ1) is 19.6. The van der Waals surface area contributed by atoms with Crippen molar-refractivity contribution < 1.29 is 14.3 Å². The molecule has 0 saturated carbocycles. The van der Waals surface area contributed by atoms with E-state index in [1.54, 1.807) is 14.2 Å². The molecule has 0 aromatic heterocycles. The maximum absolute atomic E-state index is 12.8. The zero-order valence-corrected chi connectivity index (χ0v) is 17.1. The van der Waals surface area contributed by atoms with Crippen LogP contribution in [0.3, 0.4) is 0 Å². The van der Waals surface area contributed by atoms with Gasteiger partial charge in [-0.3, -0.25) is 4.79 Å². The third kappa shape index (κ3) is 4.78. The van der Waals surface area contributed by atoms with Crippen LogP contribution in [0.4, 0.5) is 0 Å². The highest BCUT2D eigenvalue weighted by Gasteiger charge is 2.23. The van der Waals surface area contributed by atoms with Gasteiger partial charge in [-0.15, -0.1) is 0 Å². The maximum atomic E-state index is 12.8. The number of carbonyl (C=O) groups excluding carboxylic acids is 1. The molecule has 0 aliphatic carbocycles. The average molecular weight is 386 g/mol. The predicted molar refractivity (Wildman–Crippen MR) is 111 cm³/mol. The van der Waals surface area contributed by atoms with E-state index in [1.165, 1.54) is 11.1 Å². The maximum Gasteiger partial charge on any atom is 0.227 e. The van der Waals surface area contributed by atoms with Crippen molar-refractivity contribution >= 4 is 17.7 Å². The van der Waals surface area contributed by atoms with Crippen LogP contribution in [-0.4, -0.2) is 43.9 Å². The molecular formula is C22H27NO3S. The fourth-order valence-electron chi connectivity index (χ4n) is 3.49. The van der Waals surface area contributed by atoms with Crippen molar-refractivity contribution in [2.75, 3.05) is 33.1 Å². The van der Waals surface area contributed by atoms with E-state index in [4.69, 9.17) is 9.47 Å². The van der Waals surface area contributed by atoms with Crippen LogP contribution in [0.25, 0.3) is 0 Å². The van der Waals surface area contributed by atoms with Crippen LogP contribution in [0, 0.1) is 6.92 Å². The monoisotopic (exact) mass is 385 g/mol. The number of thioether (sulfide) groups is 1. The summed E-state index contributed by atoms with van der Waals surface area (Å²) in [6.45, 7) is 3.78. The van der Waals surface area contributed by atoms with Crippen molar-refractivity contribution in [1.82, 2.24) is 4.90 Å². The molecular weight excluding hydrogens is 358 g/mol. The highest BCUT2D eigenvalue weighted by atomic mass is 32.2. The largest absolute Gasteiger partial charge is 0.493 e. The first-order valence-corrected chi connectivity index (χ1v) is 10.3. The second kappa shape index (κ2) is 9.18. The minimum absolute atomic E-state index is 0.174. The molecule has 1 aliphatic heterocycles. The highest BCUT2D eigenvalue weighted by Crippen LogP contribution is 2.36. The van der Waals surface area contributed by atoms with E-state index in [1.807, 2.05) is 34.9 Å². The molecule has 1 fully saturated rings. The van der Waals surface area contributed by atoms with Crippen LogP contribution < -0.4 is 9.47 Å². The smallest absolute Gasteiger partial charge is 0.227 e. The first-order valence-electron chi connectivity index (χ1n) is 9.28. The summed E-state index contributed by atoms with van der Waals surface area (Å²) in [5.41, 5.74) is 3.68. The van der Waals surface area contributed by atoms with Crippen molar-refractivity contribution in [1.29, 1.82) is 0 Å². The molecule has 0 bridgehead atoms. The van der Waals surface area contributed by atoms with Crippen LogP contribution in [-0.2, 0) is 11.2 Å². The number of rotatable bonds is 5. The molecule has 3 rings (SSSR count). The van der Waals surface area contributed by atoms with Crippen molar-refractivity contribution in [3.05, 3.63) is 59.2 Å². The lowest BCUT2D eigenvalue weighted by molar-refractivity contribution is -0.130. The number of hydrogen-bond donors (Lipinski definition) is 0. The van der Waals surface area contributed by atoms with Gasteiger partial charge < -0.3 is 14.4 Å². The van der Waals surface area contributed by atoms with Gasteiger partial charge in [-0.1, -0.05) is 30.3 Å². The molecule has 0 spiro atoms. The van der Waals surface area contributed by atoms with Crippen LogP contribution >= 0.6 is 11.8 Å². The van der Waals surface area contributed by atoms with Gasteiger partial charge in [-0.25, -0.2) is 0 Å². The number of ether oxygens (including phenoxy) is 2. The molecule has 1 atom stereocenters. The molecule has 1 amide bonds. The average Bonchev–Trinajstić information content (AvgIpc) is 2.94. The molecule has 1 heterocycles. The lowest BCUT2D eigenvalue weighted by atomic mass is 10.0. The lowest BCUT2D eigenvalue weighted by Crippen LogP contribution is -2.34. The zero-order valence-electron chi connectivity index (χ0n) is 16.2. The zero-order chi connectivity index (χ0) is 19.2. The summed E-state index contributed by atoms with van der Waals surface area (Å²) in [6.07, 6.45) is 1.38. The predicted octanol–water partition coefficient (Wildman–Crippen LogP) is 4.26. The van der Waals surface area contributed by atoms with Crippen molar-refractivity contribution in [3.8, 4) is 11.5 Å². The molecule has 0 radical (unpaired) electrons. The van der Waals surface area contributed by atoms with Crippen molar-refractivity contribution in [2.45, 2.75) is 25.0 Å². The number of aryl methyl sites for hydroxylation is 1. The van der Waals surface area contributed by atoms with Gasteiger partial charge in [0.15, 0.2) is 11.5 Å². The van der Waals surface area contributed by atoms with E-state index in [9.17, 15) is 4.79 Å². The second-order valence-corrected chi connectivity index (χ2v) is 8.06. The summed E-state index contributed by atoms with van der Waals surface area (Å²) in [4.78, 5) is 14.8. The summed E-state index contributed by atoms with van der Waals surface area (Å²) in [5, 5.41) is 0.463. The van der Waals surface area contributed by atoms with Gasteiger partial charge in [0, 0.05) is 24.1 Å². The Kier molecular flexibility index (Phi) is 6.67. The molecule has 0 N–H and O–H groups in total. The third-order valence-electron chi connectivity index (χ3n) is 5.03. The summed E-state index contributed by atoms with van der Waals surface area (Å²) in [7, 11) is 3.23. The number of methoxy groups -OCH3 is 2. The summed E-state index contributed by atoms with van der Waals surface area (Å²) in [6, 6.07) is 14.2. The van der Waals surface area contributed by atoms with E-state index in [2.05, 4.69) is 31.2 Å². The fourth-order valence-corrected chi connectivity index (χ4v) is 4.82. The van der Waals surface area contributed by atoms with Gasteiger partial charge in [-0.05, 0) is 42.2 Å². The molecule has 1 aliphatic rings. The first-order chi connectivity index (χ1) is 13.1. The Morgan fingerprint density at radius 3 is 2.63 bits per heavy atom. The van der Waals surface area contributed by atoms with E-state index in [0.29, 0.717) is 23.2 Å². The van der Waals surface area contributed by atoms with Crippen LogP contribution in [0.1, 0.15) is 28.4 Å². The van der Waals surface area contributed by atoms with E-state index in [0.717, 1.165) is 30.8 Å². The molecule has 1 unspecified atom stereocenters. The summed E-state index contributed by atoms with van der Waals surface area (Å²) < 4.78 is 10.6. The highest BCUT2D eigenvalue weighted by molar-refractivity contribution is 7.99. The lowest BCUT2D eigenvalue weighted by Gasteiger charge is -2.21. The van der Waals surface area contributed by atoms with E-state index < -0.39 is 0 Å². The van der Waals surface area contributed by atoms with Gasteiger partial charge in [0.25, 0.3) is 0 Å². The number of benzene rings is 2. The van der Waals surface area contributed by atoms with Gasteiger partial charge in [0.05, 0.1) is 20.6 Å². The minimum atomic E-state index is 0.174. The minimum Gasteiger partial charge on any atom is -0.493 e. The number of amides is 1. The molecule has 5 heteroatoms. The Morgan fingerprint density at radius 2 is 1.89 bits per heavy atom. The Morgan fingerprint density at radius 1 is 1.11 bits per heavy atom. The number of nitrogens with zero attached hydrogens (tertiary/aromatic N) is 1. The fraction of sp³-hybridized carbons (Fsp3) is 0.409. The van der Waals surface area contributed by atoms with Crippen molar-refractivity contribution in [3.63, 3.8) is 0 Å². The number of hydrogen-bond acceptors (Lipinski definition) is 4. The number of carbonyl (C=O) groups is 1. The molecule has 27 heavy (non-hydrogen) atoms. The van der Waals surface area contributed by atoms with Gasteiger partial charge >= 0.3 is 0 Å². The Bertz CT molecular complexity index is 793. The van der Waals surface area contributed by atoms with Crippen LogP contribution in [0.15, 0.2) is 42.5 Å². The SMILES string of the molecule is COc1ccc(CC(=O)N2CCSC(c3ccccc3C)CC2)cc1OC. The van der Waals surface area contributed by atoms with Crippen LogP contribution in [0.5, 0.6) is 11.5 Å². The van der Waals surface area contributed by atoms with Crippen LogP contribution in [0.2, 0.25) is 0 Å². The van der Waals surface area contributed by atoms with Gasteiger partial charge in [0.2, 0.25) is 5.91 Å². The van der Waals surface area contributed by atoms with Crippen molar-refractivity contribution in [2.24, 2.45) is 0 Å². The standard InChI is InChI=1S/C22H27NO3S/c1-16-6-4-5-7-18(16)21-10-11-23(12-13-27-21)22(24)15-17-8-9-19(25-2)20(14-17)26-3/h4-9,14,21H,10-13,15H2,1-3H3. The van der Waals surface area contributed by atoms with Gasteiger partial charge in [0.1, 0.15) is 0 Å². The van der Waals surface area contributed by atoms with Gasteiger partial charge in [-0.2, -0.15) is 11.8 Å². The quantitative estimate of drug-likeness (QED) is 0.771. The Labute approximate surface area is 165 Å². The second-order valence-electron chi connectivity index (χ2n) is 6.75. The molecule has 4 nitrogen and oxygen atoms in total.